The van der Waals surface area contributed by atoms with Crippen molar-refractivity contribution in [3.8, 4) is 6.07 Å². The zero-order valence-corrected chi connectivity index (χ0v) is 17.6. The minimum atomic E-state index is -1.23. The number of hydrogen-bond donors (Lipinski definition) is 1. The Bertz CT molecular complexity index is 1270. The third kappa shape index (κ3) is 4.41. The van der Waals surface area contributed by atoms with E-state index in [-0.39, 0.29) is 5.78 Å². The summed E-state index contributed by atoms with van der Waals surface area (Å²) < 4.78 is 0. The molecule has 1 aliphatic rings. The van der Waals surface area contributed by atoms with Gasteiger partial charge in [0.05, 0.1) is 11.6 Å². The Labute approximate surface area is 190 Å². The quantitative estimate of drug-likeness (QED) is 0.344. The van der Waals surface area contributed by atoms with Crippen molar-refractivity contribution in [2.75, 3.05) is 4.90 Å². The van der Waals surface area contributed by atoms with Crippen molar-refractivity contribution in [3.05, 3.63) is 95.8 Å². The molecular formula is C26H20N4O3. The van der Waals surface area contributed by atoms with Gasteiger partial charge >= 0.3 is 0 Å². The highest BCUT2D eigenvalue weighted by molar-refractivity contribution is 6.16. The number of allylic oxidation sites excluding steroid dienone is 1. The Morgan fingerprint density at radius 1 is 0.939 bits per heavy atom. The summed E-state index contributed by atoms with van der Waals surface area (Å²) in [5.74, 6) is -1.26. The molecule has 2 amide bonds. The number of carbonyl (C=O) groups is 3. The Morgan fingerprint density at radius 2 is 1.52 bits per heavy atom. The number of nitriles is 1. The van der Waals surface area contributed by atoms with Gasteiger partial charge < -0.3 is 5.73 Å². The van der Waals surface area contributed by atoms with Crippen molar-refractivity contribution in [2.45, 2.75) is 12.8 Å². The summed E-state index contributed by atoms with van der Waals surface area (Å²) in [4.78, 5) is 43.3. The molecule has 4 rings (SSSR count). The van der Waals surface area contributed by atoms with Crippen LogP contribution in [0.2, 0.25) is 0 Å². The summed E-state index contributed by atoms with van der Waals surface area (Å²) in [6.07, 6.45) is 7.25. The fraction of sp³-hybridized carbons (Fsp3) is 0.115. The van der Waals surface area contributed by atoms with E-state index in [2.05, 4.69) is 4.98 Å². The van der Waals surface area contributed by atoms with Crippen LogP contribution in [0.3, 0.4) is 0 Å². The van der Waals surface area contributed by atoms with E-state index < -0.39 is 17.2 Å². The van der Waals surface area contributed by atoms with E-state index >= 15 is 0 Å². The Hall–Kier alpha value is -4.57. The average Bonchev–Trinajstić information content (AvgIpc) is 3.67. The first kappa shape index (κ1) is 21.7. The van der Waals surface area contributed by atoms with Crippen LogP contribution in [0.5, 0.6) is 0 Å². The number of nitrogens with zero attached hydrogens (tertiary/aromatic N) is 3. The number of hydrogen-bond acceptors (Lipinski definition) is 5. The molecule has 1 aliphatic carbocycles. The zero-order valence-electron chi connectivity index (χ0n) is 17.6. The average molecular weight is 436 g/mol. The van der Waals surface area contributed by atoms with Gasteiger partial charge in [-0.2, -0.15) is 5.26 Å². The summed E-state index contributed by atoms with van der Waals surface area (Å²) in [5, 5.41) is 9.07. The molecule has 7 nitrogen and oxygen atoms in total. The smallest absolute Gasteiger partial charge is 0.247 e. The Kier molecular flexibility index (Phi) is 5.83. The molecule has 162 valence electrons. The first-order valence-electron chi connectivity index (χ1n) is 10.3. The minimum Gasteiger partial charge on any atom is -0.369 e. The number of primary amides is 1. The number of nitrogens with two attached hydrogens (primary N) is 1. The first-order valence-corrected chi connectivity index (χ1v) is 10.3. The van der Waals surface area contributed by atoms with Crippen molar-refractivity contribution in [3.63, 3.8) is 0 Å². The molecule has 2 N–H and O–H groups in total. The molecule has 0 spiro atoms. The summed E-state index contributed by atoms with van der Waals surface area (Å²) in [6.45, 7) is 0. The molecule has 3 aromatic rings. The molecule has 33 heavy (non-hydrogen) atoms. The minimum absolute atomic E-state index is 0.189. The highest BCUT2D eigenvalue weighted by Gasteiger charge is 2.57. The van der Waals surface area contributed by atoms with Gasteiger partial charge in [0.15, 0.2) is 5.78 Å². The first-order chi connectivity index (χ1) is 15.9. The molecular weight excluding hydrogens is 416 g/mol. The second-order valence-corrected chi connectivity index (χ2v) is 7.77. The molecule has 0 unspecified atom stereocenters. The highest BCUT2D eigenvalue weighted by Crippen LogP contribution is 2.49. The van der Waals surface area contributed by atoms with Gasteiger partial charge in [0.25, 0.3) is 0 Å². The van der Waals surface area contributed by atoms with E-state index in [1.807, 2.05) is 6.07 Å². The number of pyridine rings is 1. The largest absolute Gasteiger partial charge is 0.369 e. The zero-order chi connectivity index (χ0) is 23.4. The third-order valence-corrected chi connectivity index (χ3v) is 5.63. The monoisotopic (exact) mass is 436 g/mol. The summed E-state index contributed by atoms with van der Waals surface area (Å²) >= 11 is 0. The van der Waals surface area contributed by atoms with Crippen molar-refractivity contribution in [2.24, 2.45) is 11.1 Å². The van der Waals surface area contributed by atoms with Gasteiger partial charge in [0.1, 0.15) is 5.41 Å². The van der Waals surface area contributed by atoms with Crippen LogP contribution in [0, 0.1) is 16.7 Å². The molecule has 0 bridgehead atoms. The van der Waals surface area contributed by atoms with Crippen LogP contribution >= 0.6 is 0 Å². The summed E-state index contributed by atoms with van der Waals surface area (Å²) in [5.41, 5.74) is 7.06. The Morgan fingerprint density at radius 3 is 2.03 bits per heavy atom. The van der Waals surface area contributed by atoms with Gasteiger partial charge in [-0.25, -0.2) is 0 Å². The lowest BCUT2D eigenvalue weighted by Gasteiger charge is -2.26. The van der Waals surface area contributed by atoms with Crippen LogP contribution in [0.1, 0.15) is 34.3 Å². The van der Waals surface area contributed by atoms with Crippen LogP contribution in [0.4, 0.5) is 11.4 Å². The summed E-state index contributed by atoms with van der Waals surface area (Å²) in [7, 11) is 0. The molecule has 1 aromatic heterocycles. The third-order valence-electron chi connectivity index (χ3n) is 5.63. The van der Waals surface area contributed by atoms with Crippen molar-refractivity contribution < 1.29 is 14.4 Å². The SMILES string of the molecule is N#Cc1ccc(N(C(=O)C2(C(N)=O)CC2)c2ccc(C(=O)/C=C/c3ccncc3)cc2)cc1. The molecule has 0 saturated heterocycles. The van der Waals surface area contributed by atoms with Crippen molar-refractivity contribution in [1.29, 1.82) is 5.26 Å². The predicted octanol–water partition coefficient (Wildman–Crippen LogP) is 3.78. The molecule has 2 aromatic carbocycles. The molecule has 7 heteroatoms. The standard InChI is InChI=1S/C26H20N4O3/c27-17-19-1-6-21(7-2-19)30(25(33)26(13-14-26)24(28)32)22-8-4-20(5-9-22)23(31)10-3-18-11-15-29-16-12-18/h1-12,15-16H,13-14H2,(H2,28,32)/b10-3+. The van der Waals surface area contributed by atoms with E-state index in [9.17, 15) is 14.4 Å². The number of benzene rings is 2. The lowest BCUT2D eigenvalue weighted by molar-refractivity contribution is -0.133. The second-order valence-electron chi connectivity index (χ2n) is 7.77. The molecule has 0 radical (unpaired) electrons. The normalized spacial score (nSPS) is 13.8. The van der Waals surface area contributed by atoms with E-state index in [4.69, 9.17) is 11.0 Å². The van der Waals surface area contributed by atoms with E-state index in [1.165, 1.54) is 11.0 Å². The van der Waals surface area contributed by atoms with E-state index in [1.54, 1.807) is 79.1 Å². The highest BCUT2D eigenvalue weighted by atomic mass is 16.2. The fourth-order valence-corrected chi connectivity index (χ4v) is 3.49. The maximum absolute atomic E-state index is 13.4. The lowest BCUT2D eigenvalue weighted by atomic mass is 10.0. The van der Waals surface area contributed by atoms with Crippen molar-refractivity contribution >= 4 is 35.0 Å². The van der Waals surface area contributed by atoms with Gasteiger partial charge in [-0.05, 0) is 85.1 Å². The number of rotatable bonds is 7. The van der Waals surface area contributed by atoms with Gasteiger partial charge in [0, 0.05) is 29.3 Å². The predicted molar refractivity (Wildman–Crippen MR) is 123 cm³/mol. The fourth-order valence-electron chi connectivity index (χ4n) is 3.49. The molecule has 0 aliphatic heterocycles. The topological polar surface area (TPSA) is 117 Å². The number of carbonyl (C=O) groups excluding carboxylic acids is 3. The number of aromatic nitrogens is 1. The second kappa shape index (κ2) is 8.89. The van der Waals surface area contributed by atoms with Crippen LogP contribution in [0.15, 0.2) is 79.1 Å². The van der Waals surface area contributed by atoms with Gasteiger partial charge in [-0.1, -0.05) is 6.08 Å². The van der Waals surface area contributed by atoms with Crippen LogP contribution in [-0.4, -0.2) is 22.6 Å². The van der Waals surface area contributed by atoms with Crippen molar-refractivity contribution in [1.82, 2.24) is 4.98 Å². The maximum Gasteiger partial charge on any atom is 0.247 e. The molecule has 1 fully saturated rings. The lowest BCUT2D eigenvalue weighted by Crippen LogP contribution is -2.41. The summed E-state index contributed by atoms with van der Waals surface area (Å²) in [6, 6.07) is 18.7. The van der Waals surface area contributed by atoms with Crippen LogP contribution < -0.4 is 10.6 Å². The molecule has 1 saturated carbocycles. The molecule has 0 atom stereocenters. The van der Waals surface area contributed by atoms with E-state index in [0.717, 1.165) is 5.56 Å². The molecule has 1 heterocycles. The van der Waals surface area contributed by atoms with Gasteiger partial charge in [-0.15, -0.1) is 0 Å². The number of amides is 2. The van der Waals surface area contributed by atoms with Gasteiger partial charge in [-0.3, -0.25) is 24.3 Å². The number of ketones is 1. The van der Waals surface area contributed by atoms with E-state index in [0.29, 0.717) is 35.3 Å². The number of anilines is 2. The van der Waals surface area contributed by atoms with Gasteiger partial charge in [0.2, 0.25) is 11.8 Å². The van der Waals surface area contributed by atoms with Crippen LogP contribution in [-0.2, 0) is 9.59 Å². The maximum atomic E-state index is 13.4. The van der Waals surface area contributed by atoms with Crippen LogP contribution in [0.25, 0.3) is 6.08 Å². The Balaban J connectivity index is 1.64.